The Morgan fingerprint density at radius 1 is 1.05 bits per heavy atom. The number of nitrogens with two attached hydrogens (primary N) is 1. The molecule has 10 heteroatoms. The van der Waals surface area contributed by atoms with E-state index in [-0.39, 0.29) is 5.56 Å². The first-order valence-electron chi connectivity index (χ1n) is 11.4. The van der Waals surface area contributed by atoms with Gasteiger partial charge in [0.2, 0.25) is 5.88 Å². The van der Waals surface area contributed by atoms with Gasteiger partial charge in [-0.05, 0) is 30.2 Å². The molecule has 0 radical (unpaired) electrons. The summed E-state index contributed by atoms with van der Waals surface area (Å²) in [6.07, 6.45) is 1.23. The Bertz CT molecular complexity index is 1640. The van der Waals surface area contributed by atoms with Crippen molar-refractivity contribution in [1.82, 2.24) is 14.1 Å². The molecule has 0 fully saturated rings. The van der Waals surface area contributed by atoms with Crippen LogP contribution in [0.1, 0.15) is 21.5 Å². The van der Waals surface area contributed by atoms with Gasteiger partial charge in [-0.25, -0.2) is 9.78 Å². The molecule has 1 amide bonds. The van der Waals surface area contributed by atoms with E-state index >= 15 is 0 Å². The Morgan fingerprint density at radius 2 is 1.73 bits per heavy atom. The molecular weight excluding hydrogens is 494 g/mol. The standard InChI is InChI=1S/C27H26ClN5O4/c1-15-17(7-6-10-21(15)30-24(34)20-14-32(2)27(36)33(3)26(20)35)18-8-5-9-19(23(18)28)22-12-11-16(13-29)25(31-22)37-4/h5-12,14H,13,29H2,1-4H3,(H,30,34). The van der Waals surface area contributed by atoms with Crippen molar-refractivity contribution < 1.29 is 9.53 Å². The molecule has 4 aromatic rings. The number of halogens is 1. The summed E-state index contributed by atoms with van der Waals surface area (Å²) < 4.78 is 7.46. The molecule has 0 spiro atoms. The zero-order chi connectivity index (χ0) is 26.9. The molecule has 37 heavy (non-hydrogen) atoms. The van der Waals surface area contributed by atoms with Crippen molar-refractivity contribution in [2.24, 2.45) is 19.8 Å². The molecule has 9 nitrogen and oxygen atoms in total. The Kier molecular flexibility index (Phi) is 7.28. The van der Waals surface area contributed by atoms with Crippen molar-refractivity contribution in [2.45, 2.75) is 13.5 Å². The SMILES string of the molecule is COc1nc(-c2cccc(-c3cccc(NC(=O)c4cn(C)c(=O)n(C)c4=O)c3C)c2Cl)ccc1CN. The number of nitrogens with one attached hydrogen (secondary N) is 1. The third-order valence-corrected chi connectivity index (χ3v) is 6.60. The normalized spacial score (nSPS) is 10.9. The van der Waals surface area contributed by atoms with Gasteiger partial charge in [0.05, 0.1) is 17.8 Å². The maximum absolute atomic E-state index is 13.0. The van der Waals surface area contributed by atoms with Gasteiger partial charge < -0.3 is 20.4 Å². The number of hydrogen-bond donors (Lipinski definition) is 2. The molecular formula is C27H26ClN5O4. The number of aryl methyl sites for hydroxylation is 1. The average Bonchev–Trinajstić information content (AvgIpc) is 2.90. The first-order chi connectivity index (χ1) is 17.7. The predicted octanol–water partition coefficient (Wildman–Crippen LogP) is 3.49. The van der Waals surface area contributed by atoms with Crippen molar-refractivity contribution in [3.63, 3.8) is 0 Å². The zero-order valence-electron chi connectivity index (χ0n) is 20.8. The maximum atomic E-state index is 13.0. The highest BCUT2D eigenvalue weighted by Crippen LogP contribution is 2.39. The van der Waals surface area contributed by atoms with Gasteiger partial charge in [-0.3, -0.25) is 14.2 Å². The lowest BCUT2D eigenvalue weighted by Gasteiger charge is -2.16. The summed E-state index contributed by atoms with van der Waals surface area (Å²) in [6.45, 7) is 2.15. The summed E-state index contributed by atoms with van der Waals surface area (Å²) in [5.74, 6) is -0.181. The molecule has 0 aliphatic rings. The highest BCUT2D eigenvalue weighted by atomic mass is 35.5. The van der Waals surface area contributed by atoms with Gasteiger partial charge in [0.15, 0.2) is 0 Å². The van der Waals surface area contributed by atoms with Crippen LogP contribution in [0.25, 0.3) is 22.4 Å². The molecule has 0 atom stereocenters. The summed E-state index contributed by atoms with van der Waals surface area (Å²) in [7, 11) is 4.35. The molecule has 190 valence electrons. The van der Waals surface area contributed by atoms with Crippen LogP contribution >= 0.6 is 11.6 Å². The van der Waals surface area contributed by atoms with E-state index in [4.69, 9.17) is 22.1 Å². The van der Waals surface area contributed by atoms with E-state index in [1.807, 2.05) is 43.3 Å². The van der Waals surface area contributed by atoms with Gasteiger partial charge in [-0.1, -0.05) is 48.0 Å². The quantitative estimate of drug-likeness (QED) is 0.402. The Hall–Kier alpha value is -4.21. The third kappa shape index (κ3) is 4.78. The lowest BCUT2D eigenvalue weighted by molar-refractivity contribution is 0.102. The molecule has 2 aromatic heterocycles. The largest absolute Gasteiger partial charge is 0.481 e. The van der Waals surface area contributed by atoms with Crippen LogP contribution < -0.4 is 27.0 Å². The minimum atomic E-state index is -0.672. The highest BCUT2D eigenvalue weighted by Gasteiger charge is 2.18. The van der Waals surface area contributed by atoms with Gasteiger partial charge in [-0.2, -0.15) is 0 Å². The molecule has 0 saturated heterocycles. The van der Waals surface area contributed by atoms with E-state index in [1.54, 1.807) is 12.1 Å². The number of nitrogens with zero attached hydrogens (tertiary/aromatic N) is 3. The number of carbonyl (C=O) groups is 1. The van der Waals surface area contributed by atoms with Gasteiger partial charge >= 0.3 is 5.69 Å². The number of carbonyl (C=O) groups excluding carboxylic acids is 1. The van der Waals surface area contributed by atoms with Gasteiger partial charge in [0.25, 0.3) is 11.5 Å². The number of anilines is 1. The average molecular weight is 520 g/mol. The summed E-state index contributed by atoms with van der Waals surface area (Å²) >= 11 is 6.87. The van der Waals surface area contributed by atoms with Crippen LogP contribution in [0, 0.1) is 6.92 Å². The smallest absolute Gasteiger partial charge is 0.330 e. The number of aromatic nitrogens is 3. The van der Waals surface area contributed by atoms with Gasteiger partial charge in [0, 0.05) is 49.2 Å². The van der Waals surface area contributed by atoms with Crippen molar-refractivity contribution >= 4 is 23.2 Å². The van der Waals surface area contributed by atoms with E-state index in [2.05, 4.69) is 10.3 Å². The van der Waals surface area contributed by atoms with Crippen LogP contribution in [0.4, 0.5) is 5.69 Å². The number of rotatable bonds is 6. The van der Waals surface area contributed by atoms with Crippen LogP contribution in [0.2, 0.25) is 5.02 Å². The summed E-state index contributed by atoms with van der Waals surface area (Å²) in [4.78, 5) is 42.0. The molecule has 2 aromatic carbocycles. The van der Waals surface area contributed by atoms with Crippen molar-refractivity contribution in [1.29, 1.82) is 0 Å². The van der Waals surface area contributed by atoms with E-state index in [0.29, 0.717) is 34.4 Å². The summed E-state index contributed by atoms with van der Waals surface area (Å²) in [6, 6.07) is 14.7. The number of pyridine rings is 1. The molecule has 4 rings (SSSR count). The minimum Gasteiger partial charge on any atom is -0.481 e. The summed E-state index contributed by atoms with van der Waals surface area (Å²) in [5, 5.41) is 3.28. The monoisotopic (exact) mass is 519 g/mol. The van der Waals surface area contributed by atoms with Crippen LogP contribution in [-0.2, 0) is 20.6 Å². The molecule has 0 aliphatic carbocycles. The second kappa shape index (κ2) is 10.4. The molecule has 0 aliphatic heterocycles. The van der Waals surface area contributed by atoms with E-state index < -0.39 is 17.2 Å². The predicted molar refractivity (Wildman–Crippen MR) is 144 cm³/mol. The second-order valence-corrected chi connectivity index (χ2v) is 8.85. The lowest BCUT2D eigenvalue weighted by atomic mass is 9.96. The first kappa shape index (κ1) is 25.9. The number of ether oxygens (including phenoxy) is 1. The lowest BCUT2D eigenvalue weighted by Crippen LogP contribution is -2.40. The van der Waals surface area contributed by atoms with Crippen LogP contribution in [0.5, 0.6) is 5.88 Å². The van der Waals surface area contributed by atoms with Crippen LogP contribution in [0.15, 0.2) is 64.3 Å². The zero-order valence-corrected chi connectivity index (χ0v) is 21.6. The van der Waals surface area contributed by atoms with E-state index in [9.17, 15) is 14.4 Å². The van der Waals surface area contributed by atoms with Crippen molar-refractivity contribution in [3.05, 3.63) is 97.3 Å². The fraction of sp³-hybridized carbons (Fsp3) is 0.185. The minimum absolute atomic E-state index is 0.143. The second-order valence-electron chi connectivity index (χ2n) is 8.47. The number of benzene rings is 2. The first-order valence-corrected chi connectivity index (χ1v) is 11.8. The number of hydrogen-bond acceptors (Lipinski definition) is 6. The molecule has 0 unspecified atom stereocenters. The van der Waals surface area contributed by atoms with Crippen LogP contribution in [0.3, 0.4) is 0 Å². The Labute approximate surface area is 218 Å². The molecule has 0 bridgehead atoms. The van der Waals surface area contributed by atoms with E-state index in [0.717, 1.165) is 26.8 Å². The van der Waals surface area contributed by atoms with Crippen molar-refractivity contribution in [2.75, 3.05) is 12.4 Å². The van der Waals surface area contributed by atoms with E-state index in [1.165, 1.54) is 32.0 Å². The highest BCUT2D eigenvalue weighted by molar-refractivity contribution is 6.36. The van der Waals surface area contributed by atoms with Crippen molar-refractivity contribution in [3.8, 4) is 28.3 Å². The van der Waals surface area contributed by atoms with Gasteiger partial charge in [0.1, 0.15) is 5.56 Å². The number of methoxy groups -OCH3 is 1. The topological polar surface area (TPSA) is 121 Å². The fourth-order valence-corrected chi connectivity index (χ4v) is 4.43. The van der Waals surface area contributed by atoms with Crippen LogP contribution in [-0.4, -0.2) is 27.1 Å². The fourth-order valence-electron chi connectivity index (χ4n) is 4.11. The summed E-state index contributed by atoms with van der Waals surface area (Å²) in [5.41, 5.74) is 9.36. The molecule has 0 saturated carbocycles. The Morgan fingerprint density at radius 3 is 2.43 bits per heavy atom. The number of amides is 1. The third-order valence-electron chi connectivity index (χ3n) is 6.19. The maximum Gasteiger partial charge on any atom is 0.330 e. The Balaban J connectivity index is 1.74. The molecule has 2 heterocycles. The molecule has 3 N–H and O–H groups in total. The van der Waals surface area contributed by atoms with Gasteiger partial charge in [-0.15, -0.1) is 0 Å².